The van der Waals surface area contributed by atoms with E-state index >= 15 is 0 Å². The van der Waals surface area contributed by atoms with Crippen LogP contribution in [0.1, 0.15) is 20.3 Å². The first-order valence-corrected chi connectivity index (χ1v) is 7.57. The second kappa shape index (κ2) is 7.63. The van der Waals surface area contributed by atoms with Crippen LogP contribution >= 0.6 is 0 Å². The second-order valence-corrected chi connectivity index (χ2v) is 5.05. The molecule has 9 heteroatoms. The second-order valence-electron chi connectivity index (χ2n) is 5.05. The monoisotopic (exact) mass is 320 g/mol. The third-order valence-corrected chi connectivity index (χ3v) is 3.62. The molecule has 0 aliphatic heterocycles. The summed E-state index contributed by atoms with van der Waals surface area (Å²) < 4.78 is 0. The zero-order valence-electron chi connectivity index (χ0n) is 13.2. The Labute approximate surface area is 133 Å². The largest absolute Gasteiger partial charge is 0.594 e. The number of fused-ring (bicyclic) bond motifs is 1. The SMILES string of the molecule is CCN(CC)CCCNc1nc2ccc([N+](=O)[O-])cc2[n+]([O-])n1. The van der Waals surface area contributed by atoms with E-state index in [4.69, 9.17) is 0 Å². The van der Waals surface area contributed by atoms with E-state index in [0.717, 1.165) is 26.1 Å². The quantitative estimate of drug-likeness (QED) is 0.257. The van der Waals surface area contributed by atoms with Crippen molar-refractivity contribution in [1.29, 1.82) is 0 Å². The lowest BCUT2D eigenvalue weighted by atomic mass is 10.3. The first kappa shape index (κ1) is 16.8. The van der Waals surface area contributed by atoms with E-state index in [1.165, 1.54) is 18.2 Å². The molecule has 0 bridgehead atoms. The van der Waals surface area contributed by atoms with Crippen molar-refractivity contribution in [3.8, 4) is 0 Å². The van der Waals surface area contributed by atoms with Crippen LogP contribution in [-0.2, 0) is 0 Å². The predicted octanol–water partition coefficient (Wildman–Crippen LogP) is 1.32. The van der Waals surface area contributed by atoms with Gasteiger partial charge in [-0.1, -0.05) is 13.8 Å². The molecule has 1 N–H and O–H groups in total. The molecule has 0 atom stereocenters. The topological polar surface area (TPSA) is 111 Å². The number of hydrogen-bond acceptors (Lipinski definition) is 7. The average molecular weight is 320 g/mol. The molecule has 9 nitrogen and oxygen atoms in total. The highest BCUT2D eigenvalue weighted by Crippen LogP contribution is 2.16. The Balaban J connectivity index is 2.05. The molecule has 0 saturated carbocycles. The molecule has 0 aliphatic rings. The van der Waals surface area contributed by atoms with Gasteiger partial charge < -0.3 is 15.4 Å². The molecular weight excluding hydrogens is 300 g/mol. The number of nitrogens with one attached hydrogen (secondary N) is 1. The summed E-state index contributed by atoms with van der Waals surface area (Å²) in [6.45, 7) is 7.84. The summed E-state index contributed by atoms with van der Waals surface area (Å²) in [7, 11) is 0. The fourth-order valence-electron chi connectivity index (χ4n) is 2.27. The fourth-order valence-corrected chi connectivity index (χ4v) is 2.27. The predicted molar refractivity (Wildman–Crippen MR) is 86.0 cm³/mol. The van der Waals surface area contributed by atoms with E-state index in [-0.39, 0.29) is 17.2 Å². The summed E-state index contributed by atoms with van der Waals surface area (Å²) in [5.41, 5.74) is 0.283. The van der Waals surface area contributed by atoms with Crippen LogP contribution in [0.5, 0.6) is 0 Å². The minimum absolute atomic E-state index is 0.0768. The van der Waals surface area contributed by atoms with E-state index in [0.29, 0.717) is 16.9 Å². The van der Waals surface area contributed by atoms with Gasteiger partial charge in [0.15, 0.2) is 0 Å². The molecule has 1 heterocycles. The van der Waals surface area contributed by atoms with Crippen molar-refractivity contribution in [3.05, 3.63) is 33.5 Å². The summed E-state index contributed by atoms with van der Waals surface area (Å²) in [4.78, 5) is 17.1. The van der Waals surface area contributed by atoms with Gasteiger partial charge in [0, 0.05) is 12.6 Å². The summed E-state index contributed by atoms with van der Waals surface area (Å²) in [5.74, 6) is 0.223. The van der Waals surface area contributed by atoms with Crippen LogP contribution in [0.4, 0.5) is 11.6 Å². The fraction of sp³-hybridized carbons (Fsp3) is 0.500. The molecular formula is C14H20N6O3. The van der Waals surface area contributed by atoms with Crippen molar-refractivity contribution >= 4 is 22.7 Å². The van der Waals surface area contributed by atoms with Crippen LogP contribution in [-0.4, -0.2) is 46.1 Å². The molecule has 0 spiro atoms. The van der Waals surface area contributed by atoms with Crippen LogP contribution in [0.2, 0.25) is 0 Å². The number of non-ortho nitro benzene ring substituents is 1. The number of nitro groups is 1. The summed E-state index contributed by atoms with van der Waals surface area (Å²) in [5, 5.41) is 29.4. The number of hydrogen-bond donors (Lipinski definition) is 1. The van der Waals surface area contributed by atoms with E-state index in [9.17, 15) is 15.3 Å². The first-order valence-electron chi connectivity index (χ1n) is 7.57. The number of benzene rings is 1. The molecule has 1 aromatic carbocycles. The molecule has 0 amide bonds. The molecule has 124 valence electrons. The van der Waals surface area contributed by atoms with Crippen LogP contribution in [0.25, 0.3) is 11.0 Å². The number of rotatable bonds is 8. The molecule has 1 aromatic heterocycles. The van der Waals surface area contributed by atoms with E-state index < -0.39 is 4.92 Å². The van der Waals surface area contributed by atoms with Crippen molar-refractivity contribution in [2.75, 3.05) is 31.5 Å². The highest BCUT2D eigenvalue weighted by Gasteiger charge is 2.15. The zero-order chi connectivity index (χ0) is 16.8. The highest BCUT2D eigenvalue weighted by molar-refractivity contribution is 5.74. The molecule has 0 saturated heterocycles. The van der Waals surface area contributed by atoms with Crippen molar-refractivity contribution in [2.24, 2.45) is 0 Å². The summed E-state index contributed by atoms with van der Waals surface area (Å²) >= 11 is 0. The maximum absolute atomic E-state index is 11.9. The average Bonchev–Trinajstić information content (AvgIpc) is 2.54. The molecule has 0 unspecified atom stereocenters. The van der Waals surface area contributed by atoms with E-state index in [1.807, 2.05) is 0 Å². The standard InChI is InChI=1S/C14H20N6O3/c1-3-18(4-2)9-5-8-15-14-16-12-7-6-11(20(22)23)10-13(12)19(21)17-14/h6-7,10H,3-5,8-9H2,1-2H3,(H,15,16,17). The normalized spacial score (nSPS) is 11.1. The van der Waals surface area contributed by atoms with Crippen LogP contribution in [0, 0.1) is 15.3 Å². The molecule has 0 radical (unpaired) electrons. The van der Waals surface area contributed by atoms with Gasteiger partial charge in [-0.2, -0.15) is 0 Å². The van der Waals surface area contributed by atoms with Gasteiger partial charge in [0.25, 0.3) is 17.2 Å². The van der Waals surface area contributed by atoms with Gasteiger partial charge >= 0.3 is 0 Å². The maximum Gasteiger partial charge on any atom is 0.290 e. The number of aromatic nitrogens is 3. The molecule has 0 aliphatic carbocycles. The minimum atomic E-state index is -0.557. The smallest absolute Gasteiger partial charge is 0.290 e. The Kier molecular flexibility index (Phi) is 5.58. The number of nitrogens with zero attached hydrogens (tertiary/aromatic N) is 5. The van der Waals surface area contributed by atoms with Crippen molar-refractivity contribution in [1.82, 2.24) is 15.0 Å². The van der Waals surface area contributed by atoms with Crippen LogP contribution in [0.3, 0.4) is 0 Å². The molecule has 23 heavy (non-hydrogen) atoms. The van der Waals surface area contributed by atoms with E-state index in [2.05, 4.69) is 34.1 Å². The molecule has 2 rings (SSSR count). The van der Waals surface area contributed by atoms with Crippen molar-refractivity contribution in [2.45, 2.75) is 20.3 Å². The van der Waals surface area contributed by atoms with Gasteiger partial charge in [-0.3, -0.25) is 10.1 Å². The number of nitro benzene ring substituents is 1. The van der Waals surface area contributed by atoms with Crippen LogP contribution in [0.15, 0.2) is 18.2 Å². The third-order valence-electron chi connectivity index (χ3n) is 3.62. The lowest BCUT2D eigenvalue weighted by molar-refractivity contribution is -0.641. The Morgan fingerprint density at radius 2 is 2.09 bits per heavy atom. The third kappa shape index (κ3) is 4.22. The summed E-state index contributed by atoms with van der Waals surface area (Å²) in [6.07, 6.45) is 0.905. The Hall–Kier alpha value is -2.55. The number of anilines is 1. The van der Waals surface area contributed by atoms with Gasteiger partial charge in [0.05, 0.1) is 16.1 Å². The van der Waals surface area contributed by atoms with Gasteiger partial charge in [-0.25, -0.2) is 4.98 Å². The Morgan fingerprint density at radius 3 is 2.74 bits per heavy atom. The van der Waals surface area contributed by atoms with Crippen molar-refractivity contribution < 1.29 is 9.77 Å². The maximum atomic E-state index is 11.9. The van der Waals surface area contributed by atoms with Gasteiger partial charge in [-0.05, 0) is 37.0 Å². The van der Waals surface area contributed by atoms with Gasteiger partial charge in [0.2, 0.25) is 0 Å². The Morgan fingerprint density at radius 1 is 1.35 bits per heavy atom. The van der Waals surface area contributed by atoms with Crippen LogP contribution < -0.4 is 10.2 Å². The first-order chi connectivity index (χ1) is 11.0. The summed E-state index contributed by atoms with van der Waals surface area (Å²) in [6, 6.07) is 3.94. The minimum Gasteiger partial charge on any atom is -0.594 e. The lowest BCUT2D eigenvalue weighted by Gasteiger charge is -2.17. The van der Waals surface area contributed by atoms with Crippen molar-refractivity contribution in [3.63, 3.8) is 0 Å². The lowest BCUT2D eigenvalue weighted by Crippen LogP contribution is -2.34. The molecule has 2 aromatic rings. The highest BCUT2D eigenvalue weighted by atomic mass is 16.6. The van der Waals surface area contributed by atoms with Gasteiger partial charge in [0.1, 0.15) is 5.52 Å². The van der Waals surface area contributed by atoms with E-state index in [1.54, 1.807) is 0 Å². The zero-order valence-corrected chi connectivity index (χ0v) is 13.2. The Bertz CT molecular complexity index is 690. The molecule has 0 fully saturated rings. The van der Waals surface area contributed by atoms with Gasteiger partial charge in [-0.15, -0.1) is 0 Å².